The first kappa shape index (κ1) is 10.1. The molecule has 74 valence electrons. The van der Waals surface area contributed by atoms with Crippen LogP contribution in [-0.4, -0.2) is 31.1 Å². The van der Waals surface area contributed by atoms with Crippen molar-refractivity contribution in [1.29, 1.82) is 0 Å². The summed E-state index contributed by atoms with van der Waals surface area (Å²) in [7, 11) is 1.44. The second kappa shape index (κ2) is 4.28. The third-order valence-corrected chi connectivity index (χ3v) is 1.99. The highest BCUT2D eigenvalue weighted by Gasteiger charge is 2.19. The number of urea groups is 1. The summed E-state index contributed by atoms with van der Waals surface area (Å²) >= 11 is 0. The summed E-state index contributed by atoms with van der Waals surface area (Å²) in [4.78, 5) is 17.7. The Morgan fingerprint density at radius 1 is 1.77 bits per heavy atom. The summed E-state index contributed by atoms with van der Waals surface area (Å²) in [5.41, 5.74) is 3.54. The zero-order valence-corrected chi connectivity index (χ0v) is 8.33. The van der Waals surface area contributed by atoms with Crippen LogP contribution in [0.1, 0.15) is 13.8 Å². The minimum Gasteiger partial charge on any atom is -0.318 e. The van der Waals surface area contributed by atoms with Gasteiger partial charge >= 0.3 is 6.03 Å². The molecule has 0 saturated heterocycles. The Bertz CT molecular complexity index is 226. The molecule has 1 N–H and O–H groups in total. The number of carbonyl (C=O) groups is 1. The molecule has 0 aromatic heterocycles. The van der Waals surface area contributed by atoms with Crippen molar-refractivity contribution in [3.8, 4) is 0 Å². The van der Waals surface area contributed by atoms with Gasteiger partial charge in [-0.15, -0.1) is 0 Å². The van der Waals surface area contributed by atoms with Crippen molar-refractivity contribution in [2.24, 2.45) is 5.92 Å². The molecule has 0 spiro atoms. The van der Waals surface area contributed by atoms with E-state index in [1.165, 1.54) is 12.7 Å². The summed E-state index contributed by atoms with van der Waals surface area (Å²) in [5.74, 6) is 0.427. The van der Waals surface area contributed by atoms with Crippen LogP contribution < -0.4 is 5.48 Å². The van der Waals surface area contributed by atoms with E-state index < -0.39 is 0 Å². The van der Waals surface area contributed by atoms with Crippen molar-refractivity contribution in [2.45, 2.75) is 13.8 Å². The molecule has 1 heterocycles. The molecule has 0 radical (unpaired) electrons. The predicted molar refractivity (Wildman–Crippen MR) is 50.0 cm³/mol. The van der Waals surface area contributed by atoms with Crippen molar-refractivity contribution >= 4 is 6.03 Å². The molecule has 0 fully saturated rings. The average molecular weight is 184 g/mol. The van der Waals surface area contributed by atoms with Crippen molar-refractivity contribution in [1.82, 2.24) is 10.4 Å². The van der Waals surface area contributed by atoms with Gasteiger partial charge in [0.05, 0.1) is 7.11 Å². The first-order valence-corrected chi connectivity index (χ1v) is 4.38. The van der Waals surface area contributed by atoms with Gasteiger partial charge in [0.25, 0.3) is 0 Å². The monoisotopic (exact) mass is 184 g/mol. The number of rotatable bonds is 1. The van der Waals surface area contributed by atoms with Gasteiger partial charge in [-0.05, 0) is 12.8 Å². The lowest BCUT2D eigenvalue weighted by atomic mass is 10.0. The minimum absolute atomic E-state index is 0.165. The van der Waals surface area contributed by atoms with Gasteiger partial charge in [-0.25, -0.2) is 10.3 Å². The average Bonchev–Trinajstić information content (AvgIpc) is 2.03. The number of carbonyl (C=O) groups excluding carboxylic acids is 1. The summed E-state index contributed by atoms with van der Waals surface area (Å²) < 4.78 is 0. The standard InChI is InChI=1S/C9H16N2O2/c1-7-4-8(2)6-11(5-7)9(12)10-13-3/h4,7H,5-6H2,1-3H3,(H,10,12). The van der Waals surface area contributed by atoms with Crippen molar-refractivity contribution in [2.75, 3.05) is 20.2 Å². The fourth-order valence-electron chi connectivity index (χ4n) is 1.61. The third kappa shape index (κ3) is 2.73. The lowest BCUT2D eigenvalue weighted by molar-refractivity contribution is 0.0858. The Morgan fingerprint density at radius 2 is 2.46 bits per heavy atom. The Balaban J connectivity index is 2.54. The maximum Gasteiger partial charge on any atom is 0.341 e. The van der Waals surface area contributed by atoms with Crippen molar-refractivity contribution in [3.63, 3.8) is 0 Å². The molecule has 1 rings (SSSR count). The van der Waals surface area contributed by atoms with Gasteiger partial charge in [0.15, 0.2) is 0 Å². The maximum atomic E-state index is 11.4. The number of hydroxylamine groups is 1. The lowest BCUT2D eigenvalue weighted by Crippen LogP contribution is -2.44. The minimum atomic E-state index is -0.165. The maximum absolute atomic E-state index is 11.4. The van der Waals surface area contributed by atoms with Crippen LogP contribution in [0.2, 0.25) is 0 Å². The zero-order valence-electron chi connectivity index (χ0n) is 8.33. The number of amides is 2. The van der Waals surface area contributed by atoms with Crippen LogP contribution >= 0.6 is 0 Å². The predicted octanol–water partition coefficient (Wildman–Crippen LogP) is 1.16. The Hall–Kier alpha value is -1.03. The van der Waals surface area contributed by atoms with E-state index in [-0.39, 0.29) is 6.03 Å². The van der Waals surface area contributed by atoms with E-state index in [1.54, 1.807) is 4.90 Å². The second-order valence-corrected chi connectivity index (χ2v) is 3.48. The van der Waals surface area contributed by atoms with Gasteiger partial charge in [0, 0.05) is 13.1 Å². The molecular formula is C9H16N2O2. The molecule has 1 atom stereocenters. The van der Waals surface area contributed by atoms with Gasteiger partial charge < -0.3 is 4.90 Å². The second-order valence-electron chi connectivity index (χ2n) is 3.48. The summed E-state index contributed by atoms with van der Waals surface area (Å²) in [6, 6.07) is -0.165. The largest absolute Gasteiger partial charge is 0.341 e. The molecule has 0 aliphatic carbocycles. The highest BCUT2D eigenvalue weighted by atomic mass is 16.6. The van der Waals surface area contributed by atoms with Crippen LogP contribution in [-0.2, 0) is 4.84 Å². The fourth-order valence-corrected chi connectivity index (χ4v) is 1.61. The highest BCUT2D eigenvalue weighted by Crippen LogP contribution is 2.13. The molecule has 4 nitrogen and oxygen atoms in total. The molecule has 1 aliphatic rings. The summed E-state index contributed by atoms with van der Waals surface area (Å²) in [6.07, 6.45) is 2.19. The topological polar surface area (TPSA) is 41.6 Å². The Kier molecular flexibility index (Phi) is 3.31. The highest BCUT2D eigenvalue weighted by molar-refractivity contribution is 5.73. The smallest absolute Gasteiger partial charge is 0.318 e. The number of nitrogens with one attached hydrogen (secondary N) is 1. The van der Waals surface area contributed by atoms with Gasteiger partial charge in [-0.2, -0.15) is 0 Å². The van der Waals surface area contributed by atoms with E-state index in [2.05, 4.69) is 23.3 Å². The van der Waals surface area contributed by atoms with E-state index >= 15 is 0 Å². The van der Waals surface area contributed by atoms with E-state index in [0.717, 1.165) is 6.54 Å². The van der Waals surface area contributed by atoms with Crippen LogP contribution in [0.4, 0.5) is 4.79 Å². The third-order valence-electron chi connectivity index (χ3n) is 1.99. The van der Waals surface area contributed by atoms with E-state index in [4.69, 9.17) is 0 Å². The van der Waals surface area contributed by atoms with Crippen molar-refractivity contribution < 1.29 is 9.63 Å². The van der Waals surface area contributed by atoms with E-state index in [9.17, 15) is 4.79 Å². The lowest BCUT2D eigenvalue weighted by Gasteiger charge is -2.29. The number of hydrogen-bond acceptors (Lipinski definition) is 2. The SMILES string of the molecule is CONC(=O)N1CC(C)=CC(C)C1. The van der Waals surface area contributed by atoms with Crippen LogP contribution in [0, 0.1) is 5.92 Å². The fraction of sp³-hybridized carbons (Fsp3) is 0.667. The summed E-state index contributed by atoms with van der Waals surface area (Å²) in [6.45, 7) is 5.57. The van der Waals surface area contributed by atoms with Crippen LogP contribution in [0.5, 0.6) is 0 Å². The molecule has 13 heavy (non-hydrogen) atoms. The van der Waals surface area contributed by atoms with Gasteiger partial charge in [-0.1, -0.05) is 18.6 Å². The van der Waals surface area contributed by atoms with Gasteiger partial charge in [0.2, 0.25) is 0 Å². The van der Waals surface area contributed by atoms with E-state index in [0.29, 0.717) is 12.5 Å². The molecule has 0 aromatic rings. The molecule has 0 saturated carbocycles. The Morgan fingerprint density at radius 3 is 3.00 bits per heavy atom. The quantitative estimate of drug-likeness (QED) is 0.490. The van der Waals surface area contributed by atoms with E-state index in [1.807, 2.05) is 6.92 Å². The molecular weight excluding hydrogens is 168 g/mol. The molecule has 1 unspecified atom stereocenters. The molecule has 0 aromatic carbocycles. The van der Waals surface area contributed by atoms with Crippen LogP contribution in [0.3, 0.4) is 0 Å². The molecule has 1 aliphatic heterocycles. The van der Waals surface area contributed by atoms with Gasteiger partial charge in [0.1, 0.15) is 0 Å². The molecule has 0 bridgehead atoms. The molecule has 2 amide bonds. The number of hydrogen-bond donors (Lipinski definition) is 1. The number of nitrogens with zero attached hydrogens (tertiary/aromatic N) is 1. The molecule has 4 heteroatoms. The normalized spacial score (nSPS) is 22.5. The first-order chi connectivity index (χ1) is 6.13. The first-order valence-electron chi connectivity index (χ1n) is 4.38. The van der Waals surface area contributed by atoms with Crippen molar-refractivity contribution in [3.05, 3.63) is 11.6 Å². The van der Waals surface area contributed by atoms with Crippen LogP contribution in [0.25, 0.3) is 0 Å². The van der Waals surface area contributed by atoms with Gasteiger partial charge in [-0.3, -0.25) is 4.84 Å². The summed E-state index contributed by atoms with van der Waals surface area (Å²) in [5, 5.41) is 0. The van der Waals surface area contributed by atoms with Crippen LogP contribution in [0.15, 0.2) is 11.6 Å². The zero-order chi connectivity index (χ0) is 9.84. The Labute approximate surface area is 78.5 Å².